The maximum atomic E-state index is 12.5. The van der Waals surface area contributed by atoms with Gasteiger partial charge in [0.15, 0.2) is 0 Å². The number of carboxylic acids is 1. The number of carboxylic acid groups (broad SMARTS) is 1. The van der Waals surface area contributed by atoms with Crippen molar-refractivity contribution in [3.8, 4) is 0 Å². The molecule has 2 atom stereocenters. The first kappa shape index (κ1) is 15.9. The van der Waals surface area contributed by atoms with Crippen molar-refractivity contribution in [2.75, 3.05) is 5.75 Å². The van der Waals surface area contributed by atoms with Gasteiger partial charge in [-0.25, -0.2) is 4.79 Å². The van der Waals surface area contributed by atoms with E-state index < -0.39 is 12.0 Å². The minimum Gasteiger partial charge on any atom is -0.480 e. The van der Waals surface area contributed by atoms with Crippen LogP contribution < -0.4 is 5.32 Å². The SMILES string of the molecule is CC(C)C[C@H](NC(=O)C1CCSc2ccccc21)C(=O)O. The minimum absolute atomic E-state index is 0.171. The Bertz CT molecular complexity index is 530. The molecule has 1 aromatic rings. The molecule has 0 saturated heterocycles. The number of fused-ring (bicyclic) bond motifs is 1. The van der Waals surface area contributed by atoms with Crippen LogP contribution in [-0.4, -0.2) is 28.8 Å². The summed E-state index contributed by atoms with van der Waals surface area (Å²) in [5, 5.41) is 12.0. The lowest BCUT2D eigenvalue weighted by Gasteiger charge is -2.26. The molecule has 1 amide bonds. The van der Waals surface area contributed by atoms with Gasteiger partial charge in [-0.05, 0) is 36.1 Å². The van der Waals surface area contributed by atoms with Crippen LogP contribution in [0.2, 0.25) is 0 Å². The van der Waals surface area contributed by atoms with E-state index in [2.05, 4.69) is 5.32 Å². The van der Waals surface area contributed by atoms with Crippen LogP contribution in [0.5, 0.6) is 0 Å². The summed E-state index contributed by atoms with van der Waals surface area (Å²) in [6.07, 6.45) is 1.20. The Kier molecular flexibility index (Phi) is 5.28. The first-order valence-electron chi connectivity index (χ1n) is 7.24. The van der Waals surface area contributed by atoms with Gasteiger partial charge in [0.2, 0.25) is 5.91 Å². The van der Waals surface area contributed by atoms with Gasteiger partial charge in [-0.3, -0.25) is 4.79 Å². The van der Waals surface area contributed by atoms with Gasteiger partial charge in [-0.2, -0.15) is 0 Å². The molecule has 0 spiro atoms. The van der Waals surface area contributed by atoms with Gasteiger partial charge >= 0.3 is 5.97 Å². The van der Waals surface area contributed by atoms with Crippen LogP contribution in [-0.2, 0) is 9.59 Å². The molecule has 0 bridgehead atoms. The van der Waals surface area contributed by atoms with Crippen molar-refractivity contribution in [2.24, 2.45) is 5.92 Å². The van der Waals surface area contributed by atoms with E-state index in [9.17, 15) is 14.7 Å². The zero-order valence-corrected chi connectivity index (χ0v) is 13.2. The summed E-state index contributed by atoms with van der Waals surface area (Å²) >= 11 is 1.75. The van der Waals surface area contributed by atoms with E-state index in [1.165, 1.54) is 0 Å². The number of rotatable bonds is 5. The third-order valence-corrected chi connectivity index (χ3v) is 4.72. The van der Waals surface area contributed by atoms with Crippen LogP contribution in [0.3, 0.4) is 0 Å². The molecule has 4 nitrogen and oxygen atoms in total. The van der Waals surface area contributed by atoms with E-state index in [1.54, 1.807) is 11.8 Å². The first-order chi connectivity index (χ1) is 9.99. The number of aliphatic carboxylic acids is 1. The highest BCUT2D eigenvalue weighted by Gasteiger charge is 2.30. The maximum Gasteiger partial charge on any atom is 0.326 e. The summed E-state index contributed by atoms with van der Waals surface area (Å²) < 4.78 is 0. The number of carbonyl (C=O) groups excluding carboxylic acids is 1. The number of carbonyl (C=O) groups is 2. The summed E-state index contributed by atoms with van der Waals surface area (Å²) in [6, 6.07) is 7.06. The van der Waals surface area contributed by atoms with Crippen LogP contribution >= 0.6 is 11.8 Å². The van der Waals surface area contributed by atoms with Gasteiger partial charge in [0.05, 0.1) is 5.92 Å². The van der Waals surface area contributed by atoms with Gasteiger partial charge < -0.3 is 10.4 Å². The van der Waals surface area contributed by atoms with Crippen LogP contribution in [0.15, 0.2) is 29.2 Å². The third kappa shape index (κ3) is 4.00. The molecule has 5 heteroatoms. The van der Waals surface area contributed by atoms with E-state index >= 15 is 0 Å². The number of hydrogen-bond donors (Lipinski definition) is 2. The quantitative estimate of drug-likeness (QED) is 0.878. The van der Waals surface area contributed by atoms with Crippen molar-refractivity contribution in [3.05, 3.63) is 29.8 Å². The predicted molar refractivity (Wildman–Crippen MR) is 83.5 cm³/mol. The van der Waals surface area contributed by atoms with Crippen molar-refractivity contribution >= 4 is 23.6 Å². The molecule has 0 aromatic heterocycles. The number of thioether (sulfide) groups is 1. The second-order valence-corrected chi connectivity index (χ2v) is 6.89. The highest BCUT2D eigenvalue weighted by Crippen LogP contribution is 2.37. The molecule has 2 N–H and O–H groups in total. The monoisotopic (exact) mass is 307 g/mol. The summed E-state index contributed by atoms with van der Waals surface area (Å²) in [5.41, 5.74) is 1.01. The van der Waals surface area contributed by atoms with Gasteiger partial charge in [0.1, 0.15) is 6.04 Å². The van der Waals surface area contributed by atoms with E-state index in [-0.39, 0.29) is 17.7 Å². The Balaban J connectivity index is 2.12. The molecule has 0 fully saturated rings. The minimum atomic E-state index is -0.962. The molecule has 1 aliphatic rings. The molecule has 1 aliphatic heterocycles. The van der Waals surface area contributed by atoms with Crippen molar-refractivity contribution in [2.45, 2.75) is 43.5 Å². The number of amides is 1. The molecule has 0 aliphatic carbocycles. The Morgan fingerprint density at radius 3 is 2.76 bits per heavy atom. The van der Waals surface area contributed by atoms with Crippen molar-refractivity contribution < 1.29 is 14.7 Å². The van der Waals surface area contributed by atoms with Gasteiger partial charge in [-0.1, -0.05) is 32.0 Å². The van der Waals surface area contributed by atoms with Gasteiger partial charge in [0.25, 0.3) is 0 Å². The van der Waals surface area contributed by atoms with Crippen LogP contribution in [0.25, 0.3) is 0 Å². The molecule has 1 heterocycles. The molecule has 1 unspecified atom stereocenters. The van der Waals surface area contributed by atoms with Crippen molar-refractivity contribution in [1.82, 2.24) is 5.32 Å². The number of hydrogen-bond acceptors (Lipinski definition) is 3. The molecule has 114 valence electrons. The second kappa shape index (κ2) is 6.98. The Hall–Kier alpha value is -1.49. The predicted octanol–water partition coefficient (Wildman–Crippen LogP) is 2.88. The fourth-order valence-corrected chi connectivity index (χ4v) is 3.70. The molecular formula is C16H21NO3S. The zero-order chi connectivity index (χ0) is 15.4. The molecular weight excluding hydrogens is 286 g/mol. The Morgan fingerprint density at radius 1 is 1.38 bits per heavy atom. The Labute approximate surface area is 129 Å². The van der Waals surface area contributed by atoms with Crippen LogP contribution in [0.1, 0.15) is 38.2 Å². The van der Waals surface area contributed by atoms with E-state index in [4.69, 9.17) is 0 Å². The highest BCUT2D eigenvalue weighted by atomic mass is 32.2. The normalized spacial score (nSPS) is 18.9. The zero-order valence-electron chi connectivity index (χ0n) is 12.3. The molecule has 21 heavy (non-hydrogen) atoms. The first-order valence-corrected chi connectivity index (χ1v) is 8.22. The largest absolute Gasteiger partial charge is 0.480 e. The topological polar surface area (TPSA) is 66.4 Å². The molecule has 0 radical (unpaired) electrons. The fourth-order valence-electron chi connectivity index (χ4n) is 2.58. The smallest absolute Gasteiger partial charge is 0.326 e. The maximum absolute atomic E-state index is 12.5. The molecule has 2 rings (SSSR count). The van der Waals surface area contributed by atoms with E-state index in [1.807, 2.05) is 38.1 Å². The summed E-state index contributed by atoms with van der Waals surface area (Å²) in [5.74, 6) is -0.264. The van der Waals surface area contributed by atoms with E-state index in [0.717, 1.165) is 22.6 Å². The lowest BCUT2D eigenvalue weighted by molar-refractivity contribution is -0.142. The average molecular weight is 307 g/mol. The van der Waals surface area contributed by atoms with Crippen molar-refractivity contribution in [1.29, 1.82) is 0 Å². The van der Waals surface area contributed by atoms with Gasteiger partial charge in [-0.15, -0.1) is 11.8 Å². The summed E-state index contributed by atoms with van der Waals surface area (Å²) in [6.45, 7) is 3.91. The lowest BCUT2D eigenvalue weighted by Crippen LogP contribution is -2.44. The Morgan fingerprint density at radius 2 is 2.10 bits per heavy atom. The van der Waals surface area contributed by atoms with Crippen molar-refractivity contribution in [3.63, 3.8) is 0 Å². The van der Waals surface area contributed by atoms with E-state index in [0.29, 0.717) is 6.42 Å². The third-order valence-electron chi connectivity index (χ3n) is 3.60. The van der Waals surface area contributed by atoms with Crippen LogP contribution in [0, 0.1) is 5.92 Å². The van der Waals surface area contributed by atoms with Crippen LogP contribution in [0.4, 0.5) is 0 Å². The summed E-state index contributed by atoms with van der Waals surface area (Å²) in [4.78, 5) is 24.9. The highest BCUT2D eigenvalue weighted by molar-refractivity contribution is 7.99. The fraction of sp³-hybridized carbons (Fsp3) is 0.500. The number of benzene rings is 1. The number of nitrogens with one attached hydrogen (secondary N) is 1. The van der Waals surface area contributed by atoms with Gasteiger partial charge in [0, 0.05) is 4.90 Å². The summed E-state index contributed by atoms with van der Waals surface area (Å²) in [7, 11) is 0. The second-order valence-electron chi connectivity index (χ2n) is 5.76. The standard InChI is InChI=1S/C16H21NO3S/c1-10(2)9-13(16(19)20)17-15(18)12-7-8-21-14-6-4-3-5-11(12)14/h3-6,10,12-13H,7-9H2,1-2H3,(H,17,18)(H,19,20)/t12?,13-/m0/s1. The lowest BCUT2D eigenvalue weighted by atomic mass is 9.94. The molecule has 1 aromatic carbocycles. The molecule has 0 saturated carbocycles. The average Bonchev–Trinajstić information content (AvgIpc) is 2.45.